The number of rotatable bonds is 5. The van der Waals surface area contributed by atoms with E-state index in [4.69, 9.17) is 4.74 Å². The van der Waals surface area contributed by atoms with Crippen molar-refractivity contribution in [3.05, 3.63) is 64.6 Å². The summed E-state index contributed by atoms with van der Waals surface area (Å²) in [5.74, 6) is 0.490. The van der Waals surface area contributed by atoms with Gasteiger partial charge in [-0.1, -0.05) is 12.1 Å². The third-order valence-corrected chi connectivity index (χ3v) is 4.72. The van der Waals surface area contributed by atoms with Crippen molar-refractivity contribution in [2.45, 2.75) is 13.5 Å². The minimum atomic E-state index is -0.332. The van der Waals surface area contributed by atoms with Gasteiger partial charge in [-0.2, -0.15) is 5.10 Å². The van der Waals surface area contributed by atoms with Crippen molar-refractivity contribution in [3.8, 4) is 11.3 Å². The third-order valence-electron chi connectivity index (χ3n) is 4.72. The smallest absolute Gasteiger partial charge is 0.267 e. The number of aryl methyl sites for hydroxylation is 1. The molecule has 1 fully saturated rings. The van der Waals surface area contributed by atoms with E-state index < -0.39 is 0 Å². The van der Waals surface area contributed by atoms with Crippen molar-refractivity contribution in [2.75, 3.05) is 36.5 Å². The van der Waals surface area contributed by atoms with Crippen LogP contribution in [0.3, 0.4) is 0 Å². The minimum Gasteiger partial charge on any atom is -0.378 e. The summed E-state index contributed by atoms with van der Waals surface area (Å²) in [6.07, 6.45) is 0. The van der Waals surface area contributed by atoms with Gasteiger partial charge in [0, 0.05) is 30.4 Å². The predicted molar refractivity (Wildman–Crippen MR) is 112 cm³/mol. The average molecular weight is 406 g/mol. The molecule has 2 aromatic heterocycles. The van der Waals surface area contributed by atoms with Gasteiger partial charge in [0.1, 0.15) is 6.54 Å². The zero-order valence-electron chi connectivity index (χ0n) is 16.6. The maximum absolute atomic E-state index is 12.4. The molecular weight excluding hydrogens is 384 g/mol. The highest BCUT2D eigenvalue weighted by Crippen LogP contribution is 2.22. The second-order valence-electron chi connectivity index (χ2n) is 6.98. The summed E-state index contributed by atoms with van der Waals surface area (Å²) in [6, 6.07) is 14.2. The Balaban J connectivity index is 1.45. The molecule has 1 aromatic carbocycles. The van der Waals surface area contributed by atoms with Gasteiger partial charge in [-0.25, -0.2) is 4.68 Å². The van der Waals surface area contributed by atoms with Crippen LogP contribution in [0.5, 0.6) is 0 Å². The SMILES string of the molecule is Cc1ccc(=O)n(CC(=O)Nc2cccc(-c3ccc(N4CCOCC4)nn3)c2)n1. The number of amides is 1. The highest BCUT2D eigenvalue weighted by molar-refractivity contribution is 5.91. The van der Waals surface area contributed by atoms with E-state index in [-0.39, 0.29) is 18.0 Å². The summed E-state index contributed by atoms with van der Waals surface area (Å²) in [7, 11) is 0. The maximum atomic E-state index is 12.4. The molecule has 0 unspecified atom stereocenters. The summed E-state index contributed by atoms with van der Waals surface area (Å²) >= 11 is 0. The number of hydrogen-bond acceptors (Lipinski definition) is 7. The van der Waals surface area contributed by atoms with Crippen LogP contribution in [0.1, 0.15) is 5.69 Å². The van der Waals surface area contributed by atoms with Crippen LogP contribution in [0.4, 0.5) is 11.5 Å². The van der Waals surface area contributed by atoms with Crippen molar-refractivity contribution < 1.29 is 9.53 Å². The maximum Gasteiger partial charge on any atom is 0.267 e. The zero-order valence-corrected chi connectivity index (χ0v) is 16.6. The van der Waals surface area contributed by atoms with Crippen LogP contribution in [-0.2, 0) is 16.1 Å². The molecule has 1 N–H and O–H groups in total. The van der Waals surface area contributed by atoms with Crippen molar-refractivity contribution in [2.24, 2.45) is 0 Å². The monoisotopic (exact) mass is 406 g/mol. The van der Waals surface area contributed by atoms with Gasteiger partial charge >= 0.3 is 0 Å². The van der Waals surface area contributed by atoms with Crippen molar-refractivity contribution >= 4 is 17.4 Å². The molecule has 9 nitrogen and oxygen atoms in total. The lowest BCUT2D eigenvalue weighted by molar-refractivity contribution is -0.117. The van der Waals surface area contributed by atoms with Crippen LogP contribution >= 0.6 is 0 Å². The van der Waals surface area contributed by atoms with Gasteiger partial charge in [0.2, 0.25) is 5.91 Å². The van der Waals surface area contributed by atoms with Crippen molar-refractivity contribution in [3.63, 3.8) is 0 Å². The van der Waals surface area contributed by atoms with Gasteiger partial charge in [-0.15, -0.1) is 10.2 Å². The first-order valence-corrected chi connectivity index (χ1v) is 9.70. The van der Waals surface area contributed by atoms with E-state index >= 15 is 0 Å². The van der Waals surface area contributed by atoms with Crippen LogP contribution in [0.2, 0.25) is 0 Å². The first-order valence-electron chi connectivity index (χ1n) is 9.70. The number of ether oxygens (including phenoxy) is 1. The van der Waals surface area contributed by atoms with Gasteiger partial charge in [-0.05, 0) is 37.3 Å². The fourth-order valence-corrected chi connectivity index (χ4v) is 3.20. The normalized spacial score (nSPS) is 13.8. The molecule has 0 aliphatic carbocycles. The Hall–Kier alpha value is -3.59. The lowest BCUT2D eigenvalue weighted by atomic mass is 10.1. The summed E-state index contributed by atoms with van der Waals surface area (Å²) in [5.41, 5.74) is 2.50. The average Bonchev–Trinajstić information content (AvgIpc) is 2.77. The minimum absolute atomic E-state index is 0.154. The van der Waals surface area contributed by atoms with E-state index in [1.807, 2.05) is 30.3 Å². The summed E-state index contributed by atoms with van der Waals surface area (Å²) in [4.78, 5) is 26.3. The van der Waals surface area contributed by atoms with E-state index in [0.29, 0.717) is 30.3 Å². The quantitative estimate of drug-likeness (QED) is 0.685. The molecule has 0 spiro atoms. The number of anilines is 2. The number of morpholine rings is 1. The molecule has 0 radical (unpaired) electrons. The van der Waals surface area contributed by atoms with Crippen LogP contribution in [0.25, 0.3) is 11.3 Å². The molecule has 154 valence electrons. The number of carbonyl (C=O) groups is 1. The van der Waals surface area contributed by atoms with E-state index in [1.165, 1.54) is 6.07 Å². The lowest BCUT2D eigenvalue weighted by Gasteiger charge is -2.27. The van der Waals surface area contributed by atoms with Gasteiger partial charge in [0.15, 0.2) is 5.82 Å². The standard InChI is InChI=1S/C21H22N6O3/c1-15-5-8-21(29)27(25-15)14-20(28)22-17-4-2-3-16(13-17)18-6-7-19(24-23-18)26-9-11-30-12-10-26/h2-8,13H,9-12,14H2,1H3,(H,22,28). The number of aromatic nitrogens is 4. The summed E-state index contributed by atoms with van der Waals surface area (Å²) in [6.45, 7) is 4.59. The number of hydrogen-bond donors (Lipinski definition) is 1. The first-order chi connectivity index (χ1) is 14.6. The Bertz CT molecular complexity index is 1090. The van der Waals surface area contributed by atoms with Gasteiger partial charge in [0.05, 0.1) is 24.6 Å². The number of benzene rings is 1. The van der Waals surface area contributed by atoms with Crippen LogP contribution in [-0.4, -0.2) is 52.2 Å². The molecule has 1 saturated heterocycles. The van der Waals surface area contributed by atoms with Crippen LogP contribution in [0, 0.1) is 6.92 Å². The number of nitrogens with zero attached hydrogens (tertiary/aromatic N) is 5. The predicted octanol–water partition coefficient (Wildman–Crippen LogP) is 1.48. The molecule has 3 heterocycles. The molecule has 30 heavy (non-hydrogen) atoms. The lowest BCUT2D eigenvalue weighted by Crippen LogP contribution is -2.36. The van der Waals surface area contributed by atoms with Gasteiger partial charge < -0.3 is 15.0 Å². The first kappa shape index (κ1) is 19.7. The highest BCUT2D eigenvalue weighted by atomic mass is 16.5. The molecule has 0 saturated carbocycles. The van der Waals surface area contributed by atoms with E-state index in [2.05, 4.69) is 25.5 Å². The Morgan fingerprint density at radius 3 is 2.70 bits per heavy atom. The Kier molecular flexibility index (Phi) is 5.80. The number of carbonyl (C=O) groups excluding carboxylic acids is 1. The third kappa shape index (κ3) is 4.69. The van der Waals surface area contributed by atoms with E-state index in [1.54, 1.807) is 19.1 Å². The van der Waals surface area contributed by atoms with Gasteiger partial charge in [0.25, 0.3) is 5.56 Å². The Labute approximate surface area is 173 Å². The molecule has 4 rings (SSSR count). The molecule has 0 bridgehead atoms. The molecule has 1 amide bonds. The summed E-state index contributed by atoms with van der Waals surface area (Å²) in [5, 5.41) is 15.5. The Morgan fingerprint density at radius 2 is 1.93 bits per heavy atom. The molecule has 1 aliphatic rings. The molecule has 0 atom stereocenters. The van der Waals surface area contributed by atoms with Crippen molar-refractivity contribution in [1.82, 2.24) is 20.0 Å². The number of nitrogens with one attached hydrogen (secondary N) is 1. The Morgan fingerprint density at radius 1 is 1.10 bits per heavy atom. The molecule has 3 aromatic rings. The second-order valence-corrected chi connectivity index (χ2v) is 6.98. The van der Waals surface area contributed by atoms with Crippen molar-refractivity contribution in [1.29, 1.82) is 0 Å². The van der Waals surface area contributed by atoms with E-state index in [9.17, 15) is 9.59 Å². The largest absolute Gasteiger partial charge is 0.378 e. The molecule has 9 heteroatoms. The summed E-state index contributed by atoms with van der Waals surface area (Å²) < 4.78 is 6.50. The van der Waals surface area contributed by atoms with Crippen LogP contribution < -0.4 is 15.8 Å². The van der Waals surface area contributed by atoms with Gasteiger partial charge in [-0.3, -0.25) is 9.59 Å². The molecular formula is C21H22N6O3. The topological polar surface area (TPSA) is 102 Å². The fourth-order valence-electron chi connectivity index (χ4n) is 3.20. The van der Waals surface area contributed by atoms with Crippen LogP contribution in [0.15, 0.2) is 53.3 Å². The fraction of sp³-hybridized carbons (Fsp3) is 0.286. The zero-order chi connectivity index (χ0) is 20.9. The second kappa shape index (κ2) is 8.83. The van der Waals surface area contributed by atoms with E-state index in [0.717, 1.165) is 29.2 Å². The molecule has 1 aliphatic heterocycles. The highest BCUT2D eigenvalue weighted by Gasteiger charge is 2.13.